The van der Waals surface area contributed by atoms with Crippen molar-refractivity contribution in [3.8, 4) is 11.5 Å². The first-order valence-corrected chi connectivity index (χ1v) is 48.3. The van der Waals surface area contributed by atoms with Gasteiger partial charge >= 0.3 is 0 Å². The van der Waals surface area contributed by atoms with E-state index in [9.17, 15) is 62.3 Å². The highest BCUT2D eigenvalue weighted by Gasteiger charge is 2.35. The highest BCUT2D eigenvalue weighted by molar-refractivity contribution is 7.98. The van der Waals surface area contributed by atoms with Crippen LogP contribution in [0.4, 0.5) is 0 Å². The van der Waals surface area contributed by atoms with Gasteiger partial charge in [0.2, 0.25) is 76.8 Å². The zero-order valence-corrected chi connectivity index (χ0v) is 78.8. The SMILES string of the molecule is COc1ccc(CN(CC(=O)N(CCCCN)CC(=O)N[C@@H](CCCCN)C(=O)N[C@H](CCCCN)C(=O)N[C@@H](CCSC)C(=O)NCCCCC(NC(=O)[C@H](CCSC)NC(=O)[C@@H](CCCCN)NC(=O)[C@H](CCCCN)NC(=O)CN(CCCCN)C(=O)CN(Cc2ccc(OC)cc2)C(=O)CN[C@H](C)c2ccccc2)C(N)=O)C(=O)CN[C@H](C)c2ccccc2)cc1. The maximum atomic E-state index is 14.6. The van der Waals surface area contributed by atoms with Crippen molar-refractivity contribution in [1.29, 1.82) is 0 Å². The van der Waals surface area contributed by atoms with Crippen LogP contribution in [0.5, 0.6) is 11.5 Å². The maximum absolute atomic E-state index is 14.6. The molecule has 13 amide bonds. The summed E-state index contributed by atoms with van der Waals surface area (Å²) in [4.78, 5) is 191. The summed E-state index contributed by atoms with van der Waals surface area (Å²) in [6, 6.07) is 24.5. The number of carbonyl (C=O) groups is 13. The molecule has 0 saturated heterocycles. The average molecular weight is 1850 g/mol. The molecule has 4 aromatic rings. The van der Waals surface area contributed by atoms with Crippen molar-refractivity contribution >= 4 is 100 Å². The normalized spacial score (nSPS) is 13.2. The van der Waals surface area contributed by atoms with Gasteiger partial charge in [0.05, 0.1) is 40.4 Å². The van der Waals surface area contributed by atoms with Gasteiger partial charge in [-0.15, -0.1) is 0 Å². The van der Waals surface area contributed by atoms with Crippen LogP contribution in [-0.4, -0.2) is 275 Å². The Bertz CT molecular complexity index is 4000. The summed E-state index contributed by atoms with van der Waals surface area (Å²) < 4.78 is 10.7. The van der Waals surface area contributed by atoms with E-state index >= 15 is 0 Å². The minimum absolute atomic E-state index is 0.0145. The summed E-state index contributed by atoms with van der Waals surface area (Å²) >= 11 is 2.84. The zero-order valence-electron chi connectivity index (χ0n) is 77.1. The zero-order chi connectivity index (χ0) is 95.4. The Labute approximate surface area is 776 Å². The number of thioether (sulfide) groups is 2. The standard InChI is InChI=1S/C92H149N21O15S2/c1-65(69-27-9-7-10-28-69)101-57-82(116)112(59-67-36-40-71(127-3)41-37-67)63-84(118)110(53-25-22-50-97)61-80(114)103-74(32-13-18-46-93)88(122)106-76(34-15-20-48-95)90(124)108-78(44-55-129-5)87(121)100-52-24-17-31-73(86(99)120)105-92(126)79(45-56-130-6)109-91(125)77(35-16-21-49-96)107-89(123)75(33-14-19-47-94)104-81(115)62-111(54-26-23-51-98)85(119)64-113(60-68-38-42-72(128-4)43-39-68)83(117)58-102-66(2)70-29-11-8-12-30-70/h7-12,27-30,36-43,65-66,73-79,101-102H,13-26,31-35,44-64,93-98H2,1-6H3,(H2,99,120)(H,100,121)(H,103,114)(H,104,115)(H,105,126)(H,106,122)(H,107,123)(H,108,124)(H,109,125)/t65-,66-,73?,74+,75+,76-,77-,78+,79+/m1/s1. The molecule has 36 nitrogen and oxygen atoms in total. The van der Waals surface area contributed by atoms with Gasteiger partial charge in [0.1, 0.15) is 66.9 Å². The highest BCUT2D eigenvalue weighted by atomic mass is 32.2. The van der Waals surface area contributed by atoms with Crippen LogP contribution in [0.1, 0.15) is 183 Å². The van der Waals surface area contributed by atoms with Crippen LogP contribution in [-0.2, 0) is 75.4 Å². The summed E-state index contributed by atoms with van der Waals surface area (Å²) in [5.74, 6) is -6.07. The average Bonchev–Trinajstić information content (AvgIpc) is 0.871. The second kappa shape index (κ2) is 66.3. The van der Waals surface area contributed by atoms with Gasteiger partial charge in [0, 0.05) is 44.8 Å². The minimum Gasteiger partial charge on any atom is -0.497 e. The third kappa shape index (κ3) is 44.7. The summed E-state index contributed by atoms with van der Waals surface area (Å²) in [5, 5.41) is 29.0. The smallest absolute Gasteiger partial charge is 0.243 e. The largest absolute Gasteiger partial charge is 0.497 e. The number of methoxy groups -OCH3 is 2. The number of hydrogen-bond donors (Lipinski definition) is 17. The summed E-state index contributed by atoms with van der Waals surface area (Å²) in [6.45, 7) is 4.04. The van der Waals surface area contributed by atoms with E-state index in [2.05, 4.69) is 53.2 Å². The van der Waals surface area contributed by atoms with Crippen LogP contribution in [0.3, 0.4) is 0 Å². The number of amides is 13. The highest BCUT2D eigenvalue weighted by Crippen LogP contribution is 2.20. The molecule has 1 unspecified atom stereocenters. The number of carbonyl (C=O) groups excluding carboxylic acids is 13. The van der Waals surface area contributed by atoms with Gasteiger partial charge in [-0.3, -0.25) is 62.3 Å². The topological polar surface area (TPSA) is 556 Å². The van der Waals surface area contributed by atoms with E-state index in [4.69, 9.17) is 49.6 Å². The van der Waals surface area contributed by atoms with Gasteiger partial charge in [-0.05, 0) is 258 Å². The van der Waals surface area contributed by atoms with E-state index in [0.717, 1.165) is 22.3 Å². The molecule has 130 heavy (non-hydrogen) atoms. The van der Waals surface area contributed by atoms with E-state index in [-0.39, 0.29) is 160 Å². The lowest BCUT2D eigenvalue weighted by molar-refractivity contribution is -0.142. The van der Waals surface area contributed by atoms with E-state index in [1.54, 1.807) is 55.6 Å². The molecule has 38 heteroatoms. The number of ether oxygens (including phenoxy) is 2. The van der Waals surface area contributed by atoms with Gasteiger partial charge < -0.3 is 122 Å². The molecule has 24 N–H and O–H groups in total. The molecule has 0 spiro atoms. The van der Waals surface area contributed by atoms with E-state index in [1.807, 2.05) is 87.0 Å². The Hall–Kier alpha value is -10.0. The second-order valence-corrected chi connectivity index (χ2v) is 34.3. The maximum Gasteiger partial charge on any atom is 0.243 e. The van der Waals surface area contributed by atoms with Crippen molar-refractivity contribution in [3.05, 3.63) is 131 Å². The van der Waals surface area contributed by atoms with Crippen molar-refractivity contribution in [2.24, 2.45) is 40.1 Å². The third-order valence-corrected chi connectivity index (χ3v) is 23.3. The van der Waals surface area contributed by atoms with E-state index in [0.29, 0.717) is 113 Å². The van der Waals surface area contributed by atoms with Crippen molar-refractivity contribution in [1.82, 2.24) is 72.8 Å². The molecule has 0 bridgehead atoms. The lowest BCUT2D eigenvalue weighted by Gasteiger charge is -2.29. The number of nitrogens with one attached hydrogen (secondary N) is 10. The Balaban J connectivity index is 1.46. The van der Waals surface area contributed by atoms with Gasteiger partial charge in [-0.2, -0.15) is 23.5 Å². The number of benzene rings is 4. The van der Waals surface area contributed by atoms with Crippen LogP contribution < -0.4 is 103 Å². The number of unbranched alkanes of at least 4 members (excludes halogenated alkanes) is 7. The molecule has 0 heterocycles. The summed E-state index contributed by atoms with van der Waals surface area (Å²) in [5.41, 5.74) is 44.7. The molecule has 0 radical (unpaired) electrons. The number of nitrogens with two attached hydrogens (primary N) is 7. The molecule has 0 aliphatic heterocycles. The fourth-order valence-corrected chi connectivity index (χ4v) is 15.1. The van der Waals surface area contributed by atoms with Crippen molar-refractivity contribution in [2.45, 2.75) is 216 Å². The first-order valence-electron chi connectivity index (χ1n) is 45.5. The molecule has 0 aliphatic carbocycles. The number of hydrogen-bond acceptors (Lipinski definition) is 25. The Morgan fingerprint density at radius 3 is 0.962 bits per heavy atom. The van der Waals surface area contributed by atoms with Gasteiger partial charge in [-0.1, -0.05) is 84.9 Å². The Kier molecular flexibility index (Phi) is 57.3. The molecular weight excluding hydrogens is 1700 g/mol. The molecule has 724 valence electrons. The van der Waals surface area contributed by atoms with E-state index < -0.39 is 127 Å². The molecule has 0 aromatic heterocycles. The molecule has 9 atom stereocenters. The van der Waals surface area contributed by atoms with E-state index in [1.165, 1.54) is 50.2 Å². The van der Waals surface area contributed by atoms with Crippen molar-refractivity contribution in [3.63, 3.8) is 0 Å². The van der Waals surface area contributed by atoms with Crippen LogP contribution in [0.25, 0.3) is 0 Å². The molecule has 0 aliphatic rings. The molecule has 0 saturated carbocycles. The first kappa shape index (κ1) is 112. The third-order valence-electron chi connectivity index (χ3n) is 22.0. The van der Waals surface area contributed by atoms with Gasteiger partial charge in [-0.25, -0.2) is 0 Å². The summed E-state index contributed by atoms with van der Waals surface area (Å²) in [7, 11) is 3.08. The predicted octanol–water partition coefficient (Wildman–Crippen LogP) is 2.09. The Morgan fingerprint density at radius 2 is 0.638 bits per heavy atom. The van der Waals surface area contributed by atoms with Crippen LogP contribution in [0.2, 0.25) is 0 Å². The number of rotatable bonds is 71. The Morgan fingerprint density at radius 1 is 0.338 bits per heavy atom. The first-order chi connectivity index (χ1) is 62.7. The van der Waals surface area contributed by atoms with Crippen LogP contribution in [0, 0.1) is 0 Å². The van der Waals surface area contributed by atoms with Gasteiger partial charge in [0.25, 0.3) is 0 Å². The molecule has 0 fully saturated rings. The summed E-state index contributed by atoms with van der Waals surface area (Å²) in [6.07, 6.45) is 10.2. The lowest BCUT2D eigenvalue weighted by Crippen LogP contribution is -2.58. The minimum atomic E-state index is -1.25. The lowest BCUT2D eigenvalue weighted by atomic mass is 10.0. The van der Waals surface area contributed by atoms with Crippen molar-refractivity contribution < 1.29 is 71.8 Å². The number of nitrogens with zero attached hydrogens (tertiary/aromatic N) is 4. The van der Waals surface area contributed by atoms with Gasteiger partial charge in [0.15, 0.2) is 0 Å². The number of primary amides is 1. The monoisotopic (exact) mass is 1850 g/mol. The van der Waals surface area contributed by atoms with Crippen molar-refractivity contribution in [2.75, 3.05) is 136 Å². The fourth-order valence-electron chi connectivity index (χ4n) is 14.1. The van der Waals surface area contributed by atoms with Crippen LogP contribution in [0.15, 0.2) is 109 Å². The predicted molar refractivity (Wildman–Crippen MR) is 509 cm³/mol. The molecular formula is C92H149N21O15S2. The quantitative estimate of drug-likeness (QED) is 0.0281. The fraction of sp³-hybridized carbons (Fsp3) is 0.598. The molecule has 4 rings (SSSR count). The van der Waals surface area contributed by atoms with Crippen LogP contribution >= 0.6 is 23.5 Å². The second-order valence-electron chi connectivity index (χ2n) is 32.3. The molecule has 4 aromatic carbocycles.